The zero-order chi connectivity index (χ0) is 13.9. The molecular formula is C10H15N3O5S. The highest BCUT2D eigenvalue weighted by molar-refractivity contribution is 7.89. The molecule has 3 N–H and O–H groups in total. The van der Waals surface area contributed by atoms with E-state index in [0.717, 1.165) is 6.20 Å². The lowest BCUT2D eigenvalue weighted by atomic mass is 10.4. The number of carbonyl (C=O) groups is 1. The Labute approximate surface area is 110 Å². The van der Waals surface area contributed by atoms with Gasteiger partial charge >= 0.3 is 5.97 Å². The fraction of sp³-hybridized carbons (Fsp3) is 0.600. The first kappa shape index (κ1) is 14.0. The van der Waals surface area contributed by atoms with E-state index in [1.54, 1.807) is 0 Å². The molecule has 9 heteroatoms. The Morgan fingerprint density at radius 3 is 2.95 bits per heavy atom. The summed E-state index contributed by atoms with van der Waals surface area (Å²) in [5, 5.41) is 14.0. The molecule has 0 aromatic carbocycles. The van der Waals surface area contributed by atoms with Gasteiger partial charge in [0.05, 0.1) is 12.8 Å². The van der Waals surface area contributed by atoms with E-state index in [9.17, 15) is 13.2 Å². The monoisotopic (exact) mass is 289 g/mol. The number of carboxylic acid groups (broad SMARTS) is 1. The maximum Gasteiger partial charge on any atom is 0.340 e. The molecule has 8 nitrogen and oxygen atoms in total. The molecule has 1 saturated carbocycles. The van der Waals surface area contributed by atoms with E-state index >= 15 is 0 Å². The molecule has 1 aromatic heterocycles. The topological polar surface area (TPSA) is 121 Å². The quantitative estimate of drug-likeness (QED) is 0.570. The van der Waals surface area contributed by atoms with Crippen LogP contribution >= 0.6 is 0 Å². The number of rotatable bonds is 8. The lowest BCUT2D eigenvalue weighted by Crippen LogP contribution is -2.29. The van der Waals surface area contributed by atoms with Crippen molar-refractivity contribution in [3.05, 3.63) is 11.8 Å². The summed E-state index contributed by atoms with van der Waals surface area (Å²) in [6.07, 6.45) is 3.30. The molecule has 0 spiro atoms. The molecule has 1 aromatic rings. The first-order valence-corrected chi connectivity index (χ1v) is 7.33. The van der Waals surface area contributed by atoms with Gasteiger partial charge in [0, 0.05) is 13.2 Å². The zero-order valence-electron chi connectivity index (χ0n) is 10.1. The number of aromatic amines is 1. The molecule has 0 unspecified atom stereocenters. The predicted octanol–water partition coefficient (Wildman–Crippen LogP) is -0.187. The van der Waals surface area contributed by atoms with Crippen LogP contribution in [-0.4, -0.2) is 49.4 Å². The zero-order valence-corrected chi connectivity index (χ0v) is 10.9. The Hall–Kier alpha value is -1.45. The van der Waals surface area contributed by atoms with E-state index in [-0.39, 0.29) is 18.7 Å². The van der Waals surface area contributed by atoms with Gasteiger partial charge in [-0.25, -0.2) is 17.9 Å². The van der Waals surface area contributed by atoms with Crippen LogP contribution < -0.4 is 4.72 Å². The number of carboxylic acids is 1. The van der Waals surface area contributed by atoms with Crippen molar-refractivity contribution in [2.75, 3.05) is 19.8 Å². The van der Waals surface area contributed by atoms with Crippen LogP contribution in [0.4, 0.5) is 0 Å². The number of sulfonamides is 1. The first-order valence-electron chi connectivity index (χ1n) is 5.85. The molecular weight excluding hydrogens is 274 g/mol. The number of nitrogens with one attached hydrogen (secondary N) is 2. The molecule has 0 amide bonds. The molecule has 0 bridgehead atoms. The molecule has 0 radical (unpaired) electrons. The SMILES string of the molecule is O=C(O)c1cn[nH]c1S(=O)(=O)NCCOCC1CC1. The number of aromatic carboxylic acids is 1. The minimum Gasteiger partial charge on any atom is -0.478 e. The van der Waals surface area contributed by atoms with Gasteiger partial charge in [0.2, 0.25) is 0 Å². The van der Waals surface area contributed by atoms with Crippen LogP contribution in [-0.2, 0) is 14.8 Å². The van der Waals surface area contributed by atoms with Gasteiger partial charge in [0.25, 0.3) is 10.0 Å². The van der Waals surface area contributed by atoms with Crippen molar-refractivity contribution in [3.63, 3.8) is 0 Å². The van der Waals surface area contributed by atoms with Gasteiger partial charge in [0.15, 0.2) is 5.03 Å². The third-order valence-electron chi connectivity index (χ3n) is 2.69. The summed E-state index contributed by atoms with van der Waals surface area (Å²) in [7, 11) is -3.91. The van der Waals surface area contributed by atoms with Crippen LogP contribution in [0.1, 0.15) is 23.2 Å². The summed E-state index contributed by atoms with van der Waals surface area (Å²) < 4.78 is 31.2. The summed E-state index contributed by atoms with van der Waals surface area (Å²) in [5.41, 5.74) is -0.383. The third-order valence-corrected chi connectivity index (χ3v) is 4.13. The number of hydrogen-bond donors (Lipinski definition) is 3. The molecule has 1 fully saturated rings. The van der Waals surface area contributed by atoms with E-state index in [2.05, 4.69) is 14.9 Å². The maximum atomic E-state index is 11.8. The number of hydrogen-bond acceptors (Lipinski definition) is 5. The Morgan fingerprint density at radius 2 is 2.32 bits per heavy atom. The largest absolute Gasteiger partial charge is 0.478 e. The molecule has 0 saturated heterocycles. The van der Waals surface area contributed by atoms with E-state index in [1.165, 1.54) is 12.8 Å². The van der Waals surface area contributed by atoms with Crippen molar-refractivity contribution in [2.24, 2.45) is 5.92 Å². The van der Waals surface area contributed by atoms with Crippen LogP contribution in [0.5, 0.6) is 0 Å². The second-order valence-electron chi connectivity index (χ2n) is 4.33. The Bertz CT molecular complexity index is 549. The second kappa shape index (κ2) is 5.68. The minimum atomic E-state index is -3.91. The lowest BCUT2D eigenvalue weighted by Gasteiger charge is -2.06. The molecule has 0 aliphatic heterocycles. The smallest absolute Gasteiger partial charge is 0.340 e. The van der Waals surface area contributed by atoms with Crippen LogP contribution in [0, 0.1) is 5.92 Å². The van der Waals surface area contributed by atoms with Crippen LogP contribution in [0.15, 0.2) is 11.2 Å². The van der Waals surface area contributed by atoms with Gasteiger partial charge in [-0.2, -0.15) is 5.10 Å². The van der Waals surface area contributed by atoms with Crippen LogP contribution in [0.25, 0.3) is 0 Å². The van der Waals surface area contributed by atoms with E-state index in [0.29, 0.717) is 12.5 Å². The number of nitrogens with zero attached hydrogens (tertiary/aromatic N) is 1. The average Bonchev–Trinajstić information content (AvgIpc) is 3.01. The van der Waals surface area contributed by atoms with Gasteiger partial charge < -0.3 is 9.84 Å². The summed E-state index contributed by atoms with van der Waals surface area (Å²) >= 11 is 0. The van der Waals surface area contributed by atoms with E-state index in [4.69, 9.17) is 9.84 Å². The number of aromatic nitrogens is 2. The minimum absolute atomic E-state index is 0.0904. The van der Waals surface area contributed by atoms with E-state index in [1.807, 2.05) is 0 Å². The van der Waals surface area contributed by atoms with Crippen molar-refractivity contribution in [2.45, 2.75) is 17.9 Å². The highest BCUT2D eigenvalue weighted by Crippen LogP contribution is 2.28. The molecule has 1 aliphatic rings. The van der Waals surface area contributed by atoms with Crippen molar-refractivity contribution >= 4 is 16.0 Å². The Morgan fingerprint density at radius 1 is 1.58 bits per heavy atom. The molecule has 106 valence electrons. The number of ether oxygens (including phenoxy) is 1. The number of H-pyrrole nitrogens is 1. The molecule has 0 atom stereocenters. The van der Waals surface area contributed by atoms with Crippen molar-refractivity contribution < 1.29 is 23.1 Å². The summed E-state index contributed by atoms with van der Waals surface area (Å²) in [4.78, 5) is 10.8. The lowest BCUT2D eigenvalue weighted by molar-refractivity contribution is 0.0692. The Kier molecular flexibility index (Phi) is 4.17. The highest BCUT2D eigenvalue weighted by Gasteiger charge is 2.24. The van der Waals surface area contributed by atoms with Gasteiger partial charge in [-0.15, -0.1) is 0 Å². The third kappa shape index (κ3) is 3.75. The Balaban J connectivity index is 1.86. The summed E-state index contributed by atoms with van der Waals surface area (Å²) in [6.45, 7) is 0.992. The summed E-state index contributed by atoms with van der Waals surface area (Å²) in [5.74, 6) is -0.734. The standard InChI is InChI=1S/C10H15N3O5S/c14-10(15)8-5-11-13-9(8)19(16,17)12-3-4-18-6-7-1-2-7/h5,7,12H,1-4,6H2,(H,11,13)(H,14,15). The van der Waals surface area contributed by atoms with Crippen LogP contribution in [0.3, 0.4) is 0 Å². The average molecular weight is 289 g/mol. The van der Waals surface area contributed by atoms with Gasteiger partial charge in [-0.3, -0.25) is 5.10 Å². The highest BCUT2D eigenvalue weighted by atomic mass is 32.2. The molecule has 2 rings (SSSR count). The van der Waals surface area contributed by atoms with E-state index < -0.39 is 21.0 Å². The molecule has 1 aliphatic carbocycles. The van der Waals surface area contributed by atoms with Gasteiger partial charge in [-0.1, -0.05) is 0 Å². The maximum absolute atomic E-state index is 11.8. The van der Waals surface area contributed by atoms with Gasteiger partial charge in [-0.05, 0) is 18.8 Å². The first-order chi connectivity index (χ1) is 9.00. The fourth-order valence-electron chi connectivity index (χ4n) is 1.49. The summed E-state index contributed by atoms with van der Waals surface area (Å²) in [6, 6.07) is 0. The van der Waals surface area contributed by atoms with Crippen LogP contribution in [0.2, 0.25) is 0 Å². The van der Waals surface area contributed by atoms with Crippen molar-refractivity contribution in [1.29, 1.82) is 0 Å². The van der Waals surface area contributed by atoms with Crippen molar-refractivity contribution in [1.82, 2.24) is 14.9 Å². The predicted molar refractivity (Wildman–Crippen MR) is 64.3 cm³/mol. The fourth-order valence-corrected chi connectivity index (χ4v) is 2.59. The molecule has 1 heterocycles. The normalized spacial score (nSPS) is 15.6. The second-order valence-corrected chi connectivity index (χ2v) is 6.04. The van der Waals surface area contributed by atoms with Crippen molar-refractivity contribution in [3.8, 4) is 0 Å². The molecule has 19 heavy (non-hydrogen) atoms. The van der Waals surface area contributed by atoms with Gasteiger partial charge in [0.1, 0.15) is 5.56 Å².